The molecule has 228 valence electrons. The largest absolute Gasteiger partial charge is 0.497 e. The van der Waals surface area contributed by atoms with E-state index in [1.165, 1.54) is 25.3 Å². The minimum absolute atomic E-state index is 0.0293. The molecule has 0 bridgehead atoms. The number of hydrogen-bond donors (Lipinski definition) is 2. The van der Waals surface area contributed by atoms with E-state index >= 15 is 0 Å². The van der Waals surface area contributed by atoms with E-state index in [2.05, 4.69) is 9.62 Å². The molecule has 1 heterocycles. The van der Waals surface area contributed by atoms with Gasteiger partial charge in [0.2, 0.25) is 0 Å². The summed E-state index contributed by atoms with van der Waals surface area (Å²) in [6.45, 7) is 7.21. The highest BCUT2D eigenvalue weighted by Gasteiger charge is 2.30. The van der Waals surface area contributed by atoms with Gasteiger partial charge in [0.1, 0.15) is 11.5 Å². The number of methoxy groups -OCH3 is 1. The highest BCUT2D eigenvalue weighted by molar-refractivity contribution is 7.92. The number of anilines is 1. The Bertz CT molecular complexity index is 1240. The molecule has 1 aliphatic heterocycles. The summed E-state index contributed by atoms with van der Waals surface area (Å²) >= 11 is 0. The lowest BCUT2D eigenvalue weighted by molar-refractivity contribution is -0.0137. The van der Waals surface area contributed by atoms with Crippen molar-refractivity contribution in [2.24, 2.45) is 5.92 Å². The Morgan fingerprint density at radius 1 is 1.15 bits per heavy atom. The van der Waals surface area contributed by atoms with Gasteiger partial charge in [-0.1, -0.05) is 6.92 Å². The van der Waals surface area contributed by atoms with Gasteiger partial charge < -0.3 is 29.1 Å². The van der Waals surface area contributed by atoms with Crippen LogP contribution in [-0.4, -0.2) is 95.0 Å². The molecule has 0 fully saturated rings. The number of carbonyl (C=O) groups excluding carboxylic acids is 1. The number of aliphatic hydroxyl groups excluding tert-OH is 1. The molecule has 41 heavy (non-hydrogen) atoms. The first-order valence-corrected chi connectivity index (χ1v) is 15.6. The minimum atomic E-state index is -3.94. The number of hydrogen-bond acceptors (Lipinski definition) is 8. The molecular weight excluding hydrogens is 546 g/mol. The molecule has 4 atom stereocenters. The second-order valence-corrected chi connectivity index (χ2v) is 12.7. The number of fused-ring (bicyclic) bond motifs is 1. The number of amides is 1. The highest BCUT2D eigenvalue weighted by atomic mass is 32.2. The van der Waals surface area contributed by atoms with Crippen molar-refractivity contribution < 1.29 is 32.5 Å². The zero-order valence-electron chi connectivity index (χ0n) is 25.0. The van der Waals surface area contributed by atoms with Gasteiger partial charge >= 0.3 is 0 Å². The fourth-order valence-corrected chi connectivity index (χ4v) is 5.83. The number of nitrogens with one attached hydrogen (secondary N) is 1. The molecule has 0 aliphatic carbocycles. The molecule has 2 aromatic carbocycles. The Labute approximate surface area is 244 Å². The van der Waals surface area contributed by atoms with E-state index in [-0.39, 0.29) is 46.8 Å². The first-order chi connectivity index (χ1) is 19.4. The molecule has 0 spiro atoms. The van der Waals surface area contributed by atoms with Crippen LogP contribution in [0.5, 0.6) is 11.5 Å². The fraction of sp³-hybridized carbons (Fsp3) is 0.567. The standard InChI is InChI=1S/C30H45N3O7S/c1-21-18-33(22(2)20-34)30(35)27-17-24(31-41(36,37)26-13-11-25(38-6)12-14-26)10-15-28(27)40-23(3)9-7-8-16-39-29(21)19-32(4)5/h10-15,17,21-23,29,31,34H,7-9,16,18-20H2,1-6H3/t21-,22+,23-,29+/m0/s1. The number of sulfonamides is 1. The van der Waals surface area contributed by atoms with Crippen LogP contribution in [0.1, 0.15) is 50.4 Å². The van der Waals surface area contributed by atoms with Gasteiger partial charge in [0.25, 0.3) is 15.9 Å². The second-order valence-electron chi connectivity index (χ2n) is 11.1. The molecule has 3 rings (SSSR count). The summed E-state index contributed by atoms with van der Waals surface area (Å²) in [5.41, 5.74) is 0.449. The predicted octanol–water partition coefficient (Wildman–Crippen LogP) is 3.85. The monoisotopic (exact) mass is 591 g/mol. The van der Waals surface area contributed by atoms with E-state index in [1.807, 2.05) is 27.9 Å². The van der Waals surface area contributed by atoms with E-state index in [0.29, 0.717) is 31.2 Å². The van der Waals surface area contributed by atoms with Crippen LogP contribution >= 0.6 is 0 Å². The van der Waals surface area contributed by atoms with Crippen LogP contribution in [0.4, 0.5) is 5.69 Å². The summed E-state index contributed by atoms with van der Waals surface area (Å²) in [5, 5.41) is 10.1. The summed E-state index contributed by atoms with van der Waals surface area (Å²) in [5.74, 6) is 0.526. The molecule has 0 aromatic heterocycles. The molecule has 0 radical (unpaired) electrons. The first kappa shape index (κ1) is 32.7. The van der Waals surface area contributed by atoms with Crippen molar-refractivity contribution in [1.82, 2.24) is 9.80 Å². The van der Waals surface area contributed by atoms with Crippen LogP contribution in [0.2, 0.25) is 0 Å². The Hall–Kier alpha value is -2.86. The number of likely N-dealkylation sites (N-methyl/N-ethyl adjacent to an activating group) is 1. The SMILES string of the molecule is COc1ccc(S(=O)(=O)Nc2ccc3c(c2)C(=O)N([C@H](C)CO)C[C@H](C)[C@@H](CN(C)C)OCCCC[C@H](C)O3)cc1. The van der Waals surface area contributed by atoms with Crippen molar-refractivity contribution in [3.05, 3.63) is 48.0 Å². The Morgan fingerprint density at radius 3 is 2.49 bits per heavy atom. The lowest BCUT2D eigenvalue weighted by atomic mass is 10.0. The van der Waals surface area contributed by atoms with E-state index < -0.39 is 16.1 Å². The summed E-state index contributed by atoms with van der Waals surface area (Å²) in [7, 11) is 1.55. The number of rotatable bonds is 8. The molecule has 1 aliphatic rings. The average Bonchev–Trinajstić information content (AvgIpc) is 2.94. The van der Waals surface area contributed by atoms with Gasteiger partial charge in [-0.25, -0.2) is 8.42 Å². The minimum Gasteiger partial charge on any atom is -0.497 e. The molecule has 10 nitrogen and oxygen atoms in total. The van der Waals surface area contributed by atoms with Crippen molar-refractivity contribution in [3.8, 4) is 11.5 Å². The maximum Gasteiger partial charge on any atom is 0.261 e. The second kappa shape index (κ2) is 14.9. The predicted molar refractivity (Wildman–Crippen MR) is 159 cm³/mol. The van der Waals surface area contributed by atoms with Crippen LogP contribution < -0.4 is 14.2 Å². The van der Waals surface area contributed by atoms with Crippen LogP contribution in [0, 0.1) is 5.92 Å². The topological polar surface area (TPSA) is 118 Å². The van der Waals surface area contributed by atoms with Gasteiger partial charge in [0, 0.05) is 31.3 Å². The summed E-state index contributed by atoms with van der Waals surface area (Å²) in [4.78, 5) is 17.9. The third kappa shape index (κ3) is 9.06. The lowest BCUT2D eigenvalue weighted by Crippen LogP contribution is -2.47. The van der Waals surface area contributed by atoms with Crippen LogP contribution in [0.3, 0.4) is 0 Å². The number of carbonyl (C=O) groups is 1. The molecule has 0 saturated heterocycles. The molecule has 1 amide bonds. The van der Waals surface area contributed by atoms with Gasteiger partial charge in [0.05, 0.1) is 42.4 Å². The van der Waals surface area contributed by atoms with Gasteiger partial charge in [-0.3, -0.25) is 9.52 Å². The van der Waals surface area contributed by atoms with Crippen LogP contribution in [0.15, 0.2) is 47.4 Å². The zero-order chi connectivity index (χ0) is 30.2. The van der Waals surface area contributed by atoms with Gasteiger partial charge in [-0.05, 0) is 89.7 Å². The normalized spacial score (nSPS) is 21.9. The number of ether oxygens (including phenoxy) is 3. The maximum atomic E-state index is 14.1. The van der Waals surface area contributed by atoms with E-state index in [1.54, 1.807) is 36.1 Å². The average molecular weight is 592 g/mol. The number of aliphatic hydroxyl groups is 1. The summed E-state index contributed by atoms with van der Waals surface area (Å²) < 4.78 is 46.5. The van der Waals surface area contributed by atoms with Crippen LogP contribution in [0.25, 0.3) is 0 Å². The first-order valence-electron chi connectivity index (χ1n) is 14.1. The Kier molecular flexibility index (Phi) is 11.8. The number of benzene rings is 2. The van der Waals surface area contributed by atoms with Crippen molar-refractivity contribution in [1.29, 1.82) is 0 Å². The van der Waals surface area contributed by atoms with Gasteiger partial charge in [-0.2, -0.15) is 0 Å². The van der Waals surface area contributed by atoms with Gasteiger partial charge in [0.15, 0.2) is 0 Å². The highest BCUT2D eigenvalue weighted by Crippen LogP contribution is 2.29. The Balaban J connectivity index is 2.01. The van der Waals surface area contributed by atoms with Crippen molar-refractivity contribution in [2.45, 2.75) is 63.2 Å². The third-order valence-electron chi connectivity index (χ3n) is 7.22. The molecule has 11 heteroatoms. The van der Waals surface area contributed by atoms with Crippen molar-refractivity contribution in [2.75, 3.05) is 52.2 Å². The fourth-order valence-electron chi connectivity index (χ4n) is 4.78. The third-order valence-corrected chi connectivity index (χ3v) is 8.62. The molecule has 2 N–H and O–H groups in total. The summed E-state index contributed by atoms with van der Waals surface area (Å²) in [6, 6.07) is 10.3. The van der Waals surface area contributed by atoms with E-state index in [0.717, 1.165) is 19.3 Å². The lowest BCUT2D eigenvalue weighted by Gasteiger charge is -2.35. The van der Waals surface area contributed by atoms with E-state index in [4.69, 9.17) is 14.2 Å². The smallest absolute Gasteiger partial charge is 0.261 e. The zero-order valence-corrected chi connectivity index (χ0v) is 25.8. The van der Waals surface area contributed by atoms with E-state index in [9.17, 15) is 18.3 Å². The van der Waals surface area contributed by atoms with Gasteiger partial charge in [-0.15, -0.1) is 0 Å². The quantitative estimate of drug-likeness (QED) is 0.476. The van der Waals surface area contributed by atoms with Crippen molar-refractivity contribution >= 4 is 21.6 Å². The molecule has 2 aromatic rings. The molecule has 0 saturated carbocycles. The molecule has 0 unspecified atom stereocenters. The van der Waals surface area contributed by atoms with Crippen molar-refractivity contribution in [3.63, 3.8) is 0 Å². The summed E-state index contributed by atoms with van der Waals surface area (Å²) in [6.07, 6.45) is 2.28. The maximum absolute atomic E-state index is 14.1. The Morgan fingerprint density at radius 2 is 1.85 bits per heavy atom. The molecular formula is C30H45N3O7S. The van der Waals surface area contributed by atoms with Crippen LogP contribution in [-0.2, 0) is 14.8 Å². The number of nitrogens with zero attached hydrogens (tertiary/aromatic N) is 2.